The second-order valence-corrected chi connectivity index (χ2v) is 6.81. The molecule has 0 aliphatic carbocycles. The van der Waals surface area contributed by atoms with Crippen LogP contribution in [0.3, 0.4) is 0 Å². The molecule has 2 aromatic carbocycles. The summed E-state index contributed by atoms with van der Waals surface area (Å²) < 4.78 is 0. The molecular formula is C22H28N4O2. The van der Waals surface area contributed by atoms with Crippen molar-refractivity contribution in [1.82, 2.24) is 9.80 Å². The number of rotatable bonds is 5. The third-order valence-electron chi connectivity index (χ3n) is 5.12. The van der Waals surface area contributed by atoms with Crippen molar-refractivity contribution < 1.29 is 9.59 Å². The molecule has 1 N–H and O–H groups in total. The molecule has 2 aromatic rings. The molecule has 0 unspecified atom stereocenters. The molecule has 1 aliphatic heterocycles. The molecule has 1 saturated heterocycles. The standard InChI is InChI=1S/C22H28N4O2/c1-3-24-14-16-25(17-15-24)22(28)23-19-12-10-18(11-13-19)21(27)26(4-2)20-8-6-5-7-9-20/h5-13H,3-4,14-17H2,1-2H3,(H,23,28). The highest BCUT2D eigenvalue weighted by atomic mass is 16.2. The fraction of sp³-hybridized carbons (Fsp3) is 0.364. The van der Waals surface area contributed by atoms with Crippen LogP contribution in [-0.2, 0) is 0 Å². The highest BCUT2D eigenvalue weighted by molar-refractivity contribution is 6.06. The average Bonchev–Trinajstić information content (AvgIpc) is 2.75. The zero-order chi connectivity index (χ0) is 19.9. The van der Waals surface area contributed by atoms with Crippen LogP contribution in [0.15, 0.2) is 54.6 Å². The molecule has 0 radical (unpaired) electrons. The maximum atomic E-state index is 12.8. The van der Waals surface area contributed by atoms with Gasteiger partial charge in [0.1, 0.15) is 0 Å². The van der Waals surface area contributed by atoms with Gasteiger partial charge in [-0.05, 0) is 49.9 Å². The van der Waals surface area contributed by atoms with Gasteiger partial charge in [0.25, 0.3) is 5.91 Å². The minimum absolute atomic E-state index is 0.0535. The Kier molecular flexibility index (Phi) is 6.66. The molecular weight excluding hydrogens is 352 g/mol. The molecule has 6 heteroatoms. The Morgan fingerprint density at radius 1 is 0.929 bits per heavy atom. The first-order valence-electron chi connectivity index (χ1n) is 9.87. The number of piperazine rings is 1. The van der Waals surface area contributed by atoms with Gasteiger partial charge in [0, 0.05) is 49.7 Å². The summed E-state index contributed by atoms with van der Waals surface area (Å²) in [7, 11) is 0. The van der Waals surface area contributed by atoms with Crippen molar-refractivity contribution in [3.63, 3.8) is 0 Å². The number of nitrogens with zero attached hydrogens (tertiary/aromatic N) is 3. The van der Waals surface area contributed by atoms with E-state index in [2.05, 4.69) is 17.1 Å². The van der Waals surface area contributed by atoms with Crippen molar-refractivity contribution in [2.75, 3.05) is 49.5 Å². The number of para-hydroxylation sites is 1. The molecule has 1 fully saturated rings. The molecule has 0 atom stereocenters. The lowest BCUT2D eigenvalue weighted by atomic mass is 10.1. The van der Waals surface area contributed by atoms with Crippen molar-refractivity contribution >= 4 is 23.3 Å². The van der Waals surface area contributed by atoms with Crippen molar-refractivity contribution in [2.24, 2.45) is 0 Å². The molecule has 0 aromatic heterocycles. The van der Waals surface area contributed by atoms with Gasteiger partial charge in [-0.3, -0.25) is 4.79 Å². The fourth-order valence-corrected chi connectivity index (χ4v) is 3.37. The van der Waals surface area contributed by atoms with Crippen LogP contribution in [0.5, 0.6) is 0 Å². The lowest BCUT2D eigenvalue weighted by Crippen LogP contribution is -2.49. The maximum Gasteiger partial charge on any atom is 0.321 e. The van der Waals surface area contributed by atoms with Crippen molar-refractivity contribution in [2.45, 2.75) is 13.8 Å². The van der Waals surface area contributed by atoms with Gasteiger partial charge in [-0.25, -0.2) is 4.79 Å². The SMILES string of the molecule is CCN1CCN(C(=O)Nc2ccc(C(=O)N(CC)c3ccccc3)cc2)CC1. The van der Waals surface area contributed by atoms with E-state index in [1.165, 1.54) is 0 Å². The van der Waals surface area contributed by atoms with Crippen molar-refractivity contribution in [1.29, 1.82) is 0 Å². The molecule has 3 amide bonds. The monoisotopic (exact) mass is 380 g/mol. The third-order valence-corrected chi connectivity index (χ3v) is 5.12. The Labute approximate surface area is 166 Å². The Bertz CT molecular complexity index is 784. The van der Waals surface area contributed by atoms with Gasteiger partial charge in [0.05, 0.1) is 0 Å². The van der Waals surface area contributed by atoms with E-state index in [0.29, 0.717) is 17.8 Å². The van der Waals surface area contributed by atoms with Gasteiger partial charge in [0.15, 0.2) is 0 Å². The lowest BCUT2D eigenvalue weighted by molar-refractivity contribution is 0.0988. The Morgan fingerprint density at radius 2 is 1.57 bits per heavy atom. The van der Waals surface area contributed by atoms with E-state index in [4.69, 9.17) is 0 Å². The zero-order valence-corrected chi connectivity index (χ0v) is 16.6. The number of carbonyl (C=O) groups is 2. The lowest BCUT2D eigenvalue weighted by Gasteiger charge is -2.34. The van der Waals surface area contributed by atoms with Crippen molar-refractivity contribution in [3.8, 4) is 0 Å². The molecule has 148 valence electrons. The van der Waals surface area contributed by atoms with E-state index in [1.807, 2.05) is 42.2 Å². The predicted octanol–water partition coefficient (Wildman–Crippen LogP) is 3.52. The number of amides is 3. The van der Waals surface area contributed by atoms with Gasteiger partial charge in [0.2, 0.25) is 0 Å². The summed E-state index contributed by atoms with van der Waals surface area (Å²) in [6.45, 7) is 8.98. The van der Waals surface area contributed by atoms with Gasteiger partial charge >= 0.3 is 6.03 Å². The summed E-state index contributed by atoms with van der Waals surface area (Å²) in [6.07, 6.45) is 0. The Morgan fingerprint density at radius 3 is 2.14 bits per heavy atom. The van der Waals surface area contributed by atoms with E-state index in [1.54, 1.807) is 29.2 Å². The number of benzene rings is 2. The fourth-order valence-electron chi connectivity index (χ4n) is 3.37. The average molecular weight is 380 g/mol. The van der Waals surface area contributed by atoms with Crippen LogP contribution in [0.4, 0.5) is 16.2 Å². The van der Waals surface area contributed by atoms with Crippen LogP contribution < -0.4 is 10.2 Å². The number of anilines is 2. The first-order valence-corrected chi connectivity index (χ1v) is 9.87. The third kappa shape index (κ3) is 4.70. The number of hydrogen-bond donors (Lipinski definition) is 1. The van der Waals surface area contributed by atoms with Gasteiger partial charge in [-0.2, -0.15) is 0 Å². The maximum absolute atomic E-state index is 12.8. The van der Waals surface area contributed by atoms with Crippen LogP contribution in [0.2, 0.25) is 0 Å². The Hall–Kier alpha value is -2.86. The summed E-state index contributed by atoms with van der Waals surface area (Å²) in [5.41, 5.74) is 2.17. The second-order valence-electron chi connectivity index (χ2n) is 6.81. The van der Waals surface area contributed by atoms with Crippen LogP contribution in [-0.4, -0.2) is 61.0 Å². The van der Waals surface area contributed by atoms with Gasteiger partial charge < -0.3 is 20.0 Å². The molecule has 28 heavy (non-hydrogen) atoms. The van der Waals surface area contributed by atoms with E-state index in [0.717, 1.165) is 38.4 Å². The van der Waals surface area contributed by atoms with E-state index >= 15 is 0 Å². The summed E-state index contributed by atoms with van der Waals surface area (Å²) >= 11 is 0. The quantitative estimate of drug-likeness (QED) is 0.863. The molecule has 1 heterocycles. The topological polar surface area (TPSA) is 55.9 Å². The molecule has 0 spiro atoms. The Balaban J connectivity index is 1.61. The normalized spacial score (nSPS) is 14.6. The summed E-state index contributed by atoms with van der Waals surface area (Å²) in [4.78, 5) is 31.2. The molecule has 0 bridgehead atoms. The molecule has 6 nitrogen and oxygen atoms in total. The number of carbonyl (C=O) groups excluding carboxylic acids is 2. The first kappa shape index (κ1) is 19.9. The van der Waals surface area contributed by atoms with Crippen molar-refractivity contribution in [3.05, 3.63) is 60.2 Å². The largest absolute Gasteiger partial charge is 0.322 e. The summed E-state index contributed by atoms with van der Waals surface area (Å²) in [6, 6.07) is 16.6. The molecule has 3 rings (SSSR count). The van der Waals surface area contributed by atoms with E-state index < -0.39 is 0 Å². The molecule has 1 aliphatic rings. The van der Waals surface area contributed by atoms with Gasteiger partial charge in [-0.15, -0.1) is 0 Å². The minimum atomic E-state index is -0.0886. The summed E-state index contributed by atoms with van der Waals surface area (Å²) in [5.74, 6) is -0.0535. The first-order chi connectivity index (χ1) is 13.6. The van der Waals surface area contributed by atoms with E-state index in [-0.39, 0.29) is 11.9 Å². The number of urea groups is 1. The van der Waals surface area contributed by atoms with Gasteiger partial charge in [-0.1, -0.05) is 25.1 Å². The van der Waals surface area contributed by atoms with E-state index in [9.17, 15) is 9.59 Å². The van der Waals surface area contributed by atoms with Crippen LogP contribution in [0, 0.1) is 0 Å². The molecule has 0 saturated carbocycles. The highest BCUT2D eigenvalue weighted by Gasteiger charge is 2.20. The zero-order valence-electron chi connectivity index (χ0n) is 16.6. The second kappa shape index (κ2) is 9.37. The predicted molar refractivity (Wildman–Crippen MR) is 113 cm³/mol. The number of nitrogens with one attached hydrogen (secondary N) is 1. The minimum Gasteiger partial charge on any atom is -0.322 e. The number of likely N-dealkylation sites (N-methyl/N-ethyl adjacent to an activating group) is 1. The van der Waals surface area contributed by atoms with Crippen LogP contribution in [0.1, 0.15) is 24.2 Å². The summed E-state index contributed by atoms with van der Waals surface area (Å²) in [5, 5.41) is 2.93. The van der Waals surface area contributed by atoms with Crippen LogP contribution in [0.25, 0.3) is 0 Å². The number of hydrogen-bond acceptors (Lipinski definition) is 3. The smallest absolute Gasteiger partial charge is 0.321 e. The van der Waals surface area contributed by atoms with Crippen LogP contribution >= 0.6 is 0 Å². The highest BCUT2D eigenvalue weighted by Crippen LogP contribution is 2.18.